The van der Waals surface area contributed by atoms with Crippen LogP contribution in [0.25, 0.3) is 10.9 Å². The van der Waals surface area contributed by atoms with E-state index < -0.39 is 0 Å². The molecule has 7 heteroatoms. The summed E-state index contributed by atoms with van der Waals surface area (Å²) in [6.45, 7) is 2.19. The van der Waals surface area contributed by atoms with Gasteiger partial charge in [0.15, 0.2) is 17.2 Å². The number of carbonyl (C=O) groups is 1. The average Bonchev–Trinajstić information content (AvgIpc) is 2.86. The van der Waals surface area contributed by atoms with E-state index in [4.69, 9.17) is 15.3 Å². The Balaban J connectivity index is 2.56. The van der Waals surface area contributed by atoms with Gasteiger partial charge in [0.2, 0.25) is 0 Å². The van der Waals surface area contributed by atoms with Crippen LogP contribution in [0.1, 0.15) is 17.4 Å². The molecule has 0 atom stereocenters. The lowest BCUT2D eigenvalue weighted by Gasteiger charge is -2.12. The van der Waals surface area contributed by atoms with Crippen LogP contribution in [0.5, 0.6) is 11.5 Å². The standard InChI is InChI=1S/C12H16N4O3/c1-4-16(13)12(17)11-7-5-9(18-2)10(19-3)6-8(7)14-15-11/h5-6H,4,13H2,1-3H3,(H,14,15). The van der Waals surface area contributed by atoms with Gasteiger partial charge in [0, 0.05) is 18.0 Å². The third kappa shape index (κ3) is 2.19. The number of H-pyrrole nitrogens is 1. The number of rotatable bonds is 4. The molecular formula is C12H16N4O3. The van der Waals surface area contributed by atoms with Crippen molar-refractivity contribution in [2.75, 3.05) is 20.8 Å². The van der Waals surface area contributed by atoms with E-state index in [9.17, 15) is 4.79 Å². The number of amides is 1. The lowest BCUT2D eigenvalue weighted by Crippen LogP contribution is -2.37. The highest BCUT2D eigenvalue weighted by Crippen LogP contribution is 2.32. The Labute approximate surface area is 110 Å². The topological polar surface area (TPSA) is 93.5 Å². The summed E-state index contributed by atoms with van der Waals surface area (Å²) in [5, 5.41) is 8.54. The highest BCUT2D eigenvalue weighted by Gasteiger charge is 2.19. The summed E-state index contributed by atoms with van der Waals surface area (Å²) in [6, 6.07) is 3.43. The summed E-state index contributed by atoms with van der Waals surface area (Å²) in [4.78, 5) is 12.1. The summed E-state index contributed by atoms with van der Waals surface area (Å²) in [7, 11) is 3.08. The fourth-order valence-corrected chi connectivity index (χ4v) is 1.79. The first-order chi connectivity index (χ1) is 9.12. The van der Waals surface area contributed by atoms with Crippen molar-refractivity contribution in [1.82, 2.24) is 15.2 Å². The molecule has 102 valence electrons. The zero-order valence-corrected chi connectivity index (χ0v) is 11.1. The van der Waals surface area contributed by atoms with Gasteiger partial charge >= 0.3 is 0 Å². The molecular weight excluding hydrogens is 248 g/mol. The van der Waals surface area contributed by atoms with Crippen LogP contribution in [-0.4, -0.2) is 41.9 Å². The minimum Gasteiger partial charge on any atom is -0.493 e. The van der Waals surface area contributed by atoms with Crippen LogP contribution in [0.15, 0.2) is 12.1 Å². The summed E-state index contributed by atoms with van der Waals surface area (Å²) < 4.78 is 10.4. The molecule has 1 aromatic carbocycles. The zero-order valence-electron chi connectivity index (χ0n) is 11.1. The van der Waals surface area contributed by atoms with E-state index in [0.29, 0.717) is 28.9 Å². The Morgan fingerprint density at radius 2 is 2.00 bits per heavy atom. The third-order valence-electron chi connectivity index (χ3n) is 2.87. The molecule has 0 fully saturated rings. The van der Waals surface area contributed by atoms with Crippen molar-refractivity contribution in [2.24, 2.45) is 5.84 Å². The van der Waals surface area contributed by atoms with Gasteiger partial charge in [-0.05, 0) is 13.0 Å². The number of nitrogens with zero attached hydrogens (tertiary/aromatic N) is 2. The predicted octanol–water partition coefficient (Wildman–Crippen LogP) is 0.916. The second-order valence-corrected chi connectivity index (χ2v) is 3.92. The molecule has 0 bridgehead atoms. The second kappa shape index (κ2) is 5.15. The summed E-state index contributed by atoms with van der Waals surface area (Å²) in [5.74, 6) is 6.35. The number of benzene rings is 1. The van der Waals surface area contributed by atoms with Gasteiger partial charge in [-0.3, -0.25) is 14.9 Å². The molecule has 0 saturated carbocycles. The molecule has 0 saturated heterocycles. The monoisotopic (exact) mass is 264 g/mol. The number of hydrogen-bond acceptors (Lipinski definition) is 5. The number of hydrazine groups is 1. The van der Waals surface area contributed by atoms with Crippen LogP contribution < -0.4 is 15.3 Å². The fourth-order valence-electron chi connectivity index (χ4n) is 1.79. The molecule has 0 aliphatic heterocycles. The van der Waals surface area contributed by atoms with E-state index >= 15 is 0 Å². The van der Waals surface area contributed by atoms with E-state index in [1.54, 1.807) is 26.2 Å². The van der Waals surface area contributed by atoms with E-state index in [-0.39, 0.29) is 11.6 Å². The lowest BCUT2D eigenvalue weighted by molar-refractivity contribution is 0.0760. The molecule has 0 aliphatic rings. The molecule has 2 rings (SSSR count). The minimum absolute atomic E-state index is 0.264. The maximum absolute atomic E-state index is 12.1. The van der Waals surface area contributed by atoms with E-state index in [1.165, 1.54) is 7.11 Å². The van der Waals surface area contributed by atoms with Gasteiger partial charge in [-0.15, -0.1) is 0 Å². The van der Waals surface area contributed by atoms with Gasteiger partial charge in [-0.1, -0.05) is 0 Å². The van der Waals surface area contributed by atoms with E-state index in [1.807, 2.05) is 0 Å². The molecule has 7 nitrogen and oxygen atoms in total. The maximum Gasteiger partial charge on any atom is 0.288 e. The average molecular weight is 264 g/mol. The van der Waals surface area contributed by atoms with Crippen molar-refractivity contribution in [3.05, 3.63) is 17.8 Å². The molecule has 1 aromatic heterocycles. The van der Waals surface area contributed by atoms with Gasteiger partial charge in [0.05, 0.1) is 19.7 Å². The minimum atomic E-state index is -0.346. The Hall–Kier alpha value is -2.28. The Kier molecular flexibility index (Phi) is 3.57. The normalized spacial score (nSPS) is 10.5. The molecule has 0 unspecified atom stereocenters. The number of nitrogens with one attached hydrogen (secondary N) is 1. The first-order valence-electron chi connectivity index (χ1n) is 5.79. The molecule has 1 heterocycles. The number of methoxy groups -OCH3 is 2. The van der Waals surface area contributed by atoms with E-state index in [2.05, 4.69) is 10.2 Å². The van der Waals surface area contributed by atoms with Crippen LogP contribution in [0.4, 0.5) is 0 Å². The smallest absolute Gasteiger partial charge is 0.288 e. The van der Waals surface area contributed by atoms with Gasteiger partial charge < -0.3 is 9.47 Å². The molecule has 2 aromatic rings. The highest BCUT2D eigenvalue weighted by molar-refractivity contribution is 6.05. The fraction of sp³-hybridized carbons (Fsp3) is 0.333. The van der Waals surface area contributed by atoms with Gasteiger partial charge in [0.25, 0.3) is 5.91 Å². The van der Waals surface area contributed by atoms with Crippen LogP contribution in [0.2, 0.25) is 0 Å². The molecule has 1 amide bonds. The van der Waals surface area contributed by atoms with Gasteiger partial charge in [-0.25, -0.2) is 5.84 Å². The molecule has 0 radical (unpaired) electrons. The number of fused-ring (bicyclic) bond motifs is 1. The van der Waals surface area contributed by atoms with Crippen LogP contribution in [-0.2, 0) is 0 Å². The van der Waals surface area contributed by atoms with Crippen molar-refractivity contribution in [3.8, 4) is 11.5 Å². The number of nitrogens with two attached hydrogens (primary N) is 1. The van der Waals surface area contributed by atoms with Crippen molar-refractivity contribution >= 4 is 16.8 Å². The molecule has 0 aliphatic carbocycles. The second-order valence-electron chi connectivity index (χ2n) is 3.92. The predicted molar refractivity (Wildman–Crippen MR) is 70.1 cm³/mol. The SMILES string of the molecule is CCN(N)C(=O)c1n[nH]c2cc(OC)c(OC)cc12. The zero-order chi connectivity index (χ0) is 14.0. The maximum atomic E-state index is 12.1. The van der Waals surface area contributed by atoms with Gasteiger partial charge in [-0.2, -0.15) is 5.10 Å². The van der Waals surface area contributed by atoms with Crippen LogP contribution in [0.3, 0.4) is 0 Å². The van der Waals surface area contributed by atoms with Gasteiger partial charge in [0.1, 0.15) is 0 Å². The van der Waals surface area contributed by atoms with E-state index in [0.717, 1.165) is 5.01 Å². The Morgan fingerprint density at radius 3 is 2.58 bits per heavy atom. The molecule has 3 N–H and O–H groups in total. The summed E-state index contributed by atoms with van der Waals surface area (Å²) in [6.07, 6.45) is 0. The largest absolute Gasteiger partial charge is 0.493 e. The number of ether oxygens (including phenoxy) is 2. The number of hydrogen-bond donors (Lipinski definition) is 2. The first kappa shape index (κ1) is 13.2. The van der Waals surface area contributed by atoms with Crippen molar-refractivity contribution in [3.63, 3.8) is 0 Å². The van der Waals surface area contributed by atoms with Crippen molar-refractivity contribution < 1.29 is 14.3 Å². The van der Waals surface area contributed by atoms with Crippen molar-refractivity contribution in [2.45, 2.75) is 6.92 Å². The molecule has 19 heavy (non-hydrogen) atoms. The lowest BCUT2D eigenvalue weighted by atomic mass is 10.1. The van der Waals surface area contributed by atoms with Crippen molar-refractivity contribution in [1.29, 1.82) is 0 Å². The quantitative estimate of drug-likeness (QED) is 0.486. The number of carbonyl (C=O) groups excluding carboxylic acids is 1. The first-order valence-corrected chi connectivity index (χ1v) is 5.79. The number of aromatic nitrogens is 2. The number of aromatic amines is 1. The molecule has 0 spiro atoms. The summed E-state index contributed by atoms with van der Waals surface area (Å²) in [5.41, 5.74) is 0.950. The van der Waals surface area contributed by atoms with Crippen LogP contribution in [0, 0.1) is 0 Å². The third-order valence-corrected chi connectivity index (χ3v) is 2.87. The Bertz CT molecular complexity index is 608. The Morgan fingerprint density at radius 1 is 1.37 bits per heavy atom. The highest BCUT2D eigenvalue weighted by atomic mass is 16.5. The summed E-state index contributed by atoms with van der Waals surface area (Å²) >= 11 is 0. The van der Waals surface area contributed by atoms with Crippen LogP contribution >= 0.6 is 0 Å².